The van der Waals surface area contributed by atoms with Gasteiger partial charge in [-0.05, 0) is 54.0 Å². The van der Waals surface area contributed by atoms with Gasteiger partial charge in [0.1, 0.15) is 11.5 Å². The number of nitrogens with two attached hydrogens (primary N) is 1. The average Bonchev–Trinajstić information content (AvgIpc) is 2.95. The van der Waals surface area contributed by atoms with Gasteiger partial charge in [0.25, 0.3) is 0 Å². The summed E-state index contributed by atoms with van der Waals surface area (Å²) in [5.74, 6) is -11.0. The molecule has 2 aromatic rings. The number of phenolic OH excluding ortho intramolecular Hbond substituents is 1. The standard InChI is InChI=1S/C33H39N3O8/c1-15(2)23-21-11-17-10-20-22(36(3)4)12-18(14-35-13-16-7-6-8-19(9-16)44-5)27(37)25(20)29(39)24(17)30(40)33(21,43)31(41)26(28(23)38)32(34)42/h6-9,12,15,17,21,23-24,26,35,37,43H,10-11,13-14H2,1-5H3,(H2,34,42)/t17-,21-,23-,24?,26?,33-/m0/s1. The number of ether oxygens (including phenoxy) is 1. The van der Waals surface area contributed by atoms with Crippen LogP contribution >= 0.6 is 0 Å². The number of nitrogens with one attached hydrogen (secondary N) is 1. The van der Waals surface area contributed by atoms with Gasteiger partial charge in [0, 0.05) is 50.3 Å². The summed E-state index contributed by atoms with van der Waals surface area (Å²) in [6.45, 7) is 4.10. The Morgan fingerprint density at radius 2 is 1.84 bits per heavy atom. The van der Waals surface area contributed by atoms with Crippen LogP contribution in [0.5, 0.6) is 11.5 Å². The highest BCUT2D eigenvalue weighted by molar-refractivity contribution is 6.32. The lowest BCUT2D eigenvalue weighted by atomic mass is 9.49. The summed E-state index contributed by atoms with van der Waals surface area (Å²) < 4.78 is 5.28. The van der Waals surface area contributed by atoms with Crippen molar-refractivity contribution < 1.29 is 38.9 Å². The van der Waals surface area contributed by atoms with E-state index in [9.17, 15) is 34.2 Å². The molecule has 2 unspecified atom stereocenters. The molecule has 0 heterocycles. The normalized spacial score (nSPS) is 27.9. The van der Waals surface area contributed by atoms with Crippen molar-refractivity contribution in [1.29, 1.82) is 0 Å². The maximum absolute atomic E-state index is 14.2. The number of phenols is 1. The molecule has 0 bridgehead atoms. The Morgan fingerprint density at radius 1 is 1.14 bits per heavy atom. The second kappa shape index (κ2) is 11.4. The van der Waals surface area contributed by atoms with E-state index in [0.29, 0.717) is 29.1 Å². The number of nitrogens with zero attached hydrogens (tertiary/aromatic N) is 1. The number of carbonyl (C=O) groups excluding carboxylic acids is 5. The van der Waals surface area contributed by atoms with Gasteiger partial charge in [0.15, 0.2) is 34.7 Å². The molecule has 2 fully saturated rings. The third-order valence-corrected chi connectivity index (χ3v) is 9.63. The number of hydrogen-bond acceptors (Lipinski definition) is 10. The highest BCUT2D eigenvalue weighted by Crippen LogP contribution is 2.54. The van der Waals surface area contributed by atoms with Crippen LogP contribution in [0.2, 0.25) is 0 Å². The fourth-order valence-corrected chi connectivity index (χ4v) is 7.61. The van der Waals surface area contributed by atoms with Crippen LogP contribution < -0.4 is 20.7 Å². The minimum atomic E-state index is -2.72. The number of primary amides is 1. The van der Waals surface area contributed by atoms with Crippen LogP contribution in [0.4, 0.5) is 5.69 Å². The molecule has 5 rings (SSSR count). The first-order valence-corrected chi connectivity index (χ1v) is 14.8. The number of Topliss-reactive ketones (excluding diaryl/α,β-unsaturated/α-hetero) is 4. The van der Waals surface area contributed by atoms with Crippen molar-refractivity contribution >= 4 is 34.7 Å². The lowest BCUT2D eigenvalue weighted by Crippen LogP contribution is -2.71. The number of benzene rings is 2. The zero-order chi connectivity index (χ0) is 32.2. The molecule has 234 valence electrons. The molecule has 0 aromatic heterocycles. The lowest BCUT2D eigenvalue weighted by molar-refractivity contribution is -0.182. The Hall–Kier alpha value is -4.09. The van der Waals surface area contributed by atoms with Crippen LogP contribution in [0.25, 0.3) is 0 Å². The van der Waals surface area contributed by atoms with E-state index >= 15 is 0 Å². The van der Waals surface area contributed by atoms with E-state index in [1.807, 2.05) is 49.3 Å². The van der Waals surface area contributed by atoms with Gasteiger partial charge in [-0.1, -0.05) is 26.0 Å². The van der Waals surface area contributed by atoms with Crippen LogP contribution in [-0.2, 0) is 38.7 Å². The topological polar surface area (TPSA) is 176 Å². The second-order valence-corrected chi connectivity index (χ2v) is 12.8. The number of fused-ring (bicyclic) bond motifs is 3. The number of amides is 1. The first-order chi connectivity index (χ1) is 20.7. The van der Waals surface area contributed by atoms with E-state index in [2.05, 4.69) is 5.32 Å². The van der Waals surface area contributed by atoms with Crippen molar-refractivity contribution in [3.05, 3.63) is 52.6 Å². The second-order valence-electron chi connectivity index (χ2n) is 12.8. The number of carbonyl (C=O) groups is 5. The number of methoxy groups -OCH3 is 1. The summed E-state index contributed by atoms with van der Waals surface area (Å²) in [5.41, 5.74) is 5.34. The largest absolute Gasteiger partial charge is 0.507 e. The predicted molar refractivity (Wildman–Crippen MR) is 160 cm³/mol. The summed E-state index contributed by atoms with van der Waals surface area (Å²) in [5, 5.41) is 26.5. The molecule has 0 saturated heterocycles. The van der Waals surface area contributed by atoms with Gasteiger partial charge >= 0.3 is 0 Å². The number of aliphatic hydroxyl groups is 1. The number of anilines is 1. The molecule has 0 spiro atoms. The van der Waals surface area contributed by atoms with Gasteiger partial charge in [-0.25, -0.2) is 0 Å². The summed E-state index contributed by atoms with van der Waals surface area (Å²) in [4.78, 5) is 69.2. The molecule has 1 amide bonds. The summed E-state index contributed by atoms with van der Waals surface area (Å²) in [6, 6.07) is 9.32. The fourth-order valence-electron chi connectivity index (χ4n) is 7.61. The number of aromatic hydroxyl groups is 1. The molecule has 0 aliphatic heterocycles. The van der Waals surface area contributed by atoms with Gasteiger partial charge in [0.05, 0.1) is 18.6 Å². The Kier molecular flexibility index (Phi) is 8.15. The van der Waals surface area contributed by atoms with E-state index in [0.717, 1.165) is 5.56 Å². The van der Waals surface area contributed by atoms with E-state index in [1.165, 1.54) is 0 Å². The van der Waals surface area contributed by atoms with Crippen LogP contribution in [-0.4, -0.2) is 66.1 Å². The zero-order valence-electron chi connectivity index (χ0n) is 25.5. The number of rotatable bonds is 8. The highest BCUT2D eigenvalue weighted by Gasteiger charge is 2.69. The third-order valence-electron chi connectivity index (χ3n) is 9.63. The maximum Gasteiger partial charge on any atom is 0.235 e. The molecular weight excluding hydrogens is 566 g/mol. The van der Waals surface area contributed by atoms with Crippen molar-refractivity contribution in [3.63, 3.8) is 0 Å². The van der Waals surface area contributed by atoms with Crippen LogP contribution in [0, 0.1) is 35.5 Å². The molecule has 3 aliphatic rings. The lowest BCUT2D eigenvalue weighted by Gasteiger charge is -2.52. The maximum atomic E-state index is 14.2. The van der Waals surface area contributed by atoms with E-state index < -0.39 is 70.1 Å². The van der Waals surface area contributed by atoms with Gasteiger partial charge in [-0.2, -0.15) is 0 Å². The Balaban J connectivity index is 1.53. The number of hydrogen-bond donors (Lipinski definition) is 4. The highest BCUT2D eigenvalue weighted by atomic mass is 16.5. The molecule has 2 aromatic carbocycles. The van der Waals surface area contributed by atoms with Gasteiger partial charge in [-0.3, -0.25) is 24.0 Å². The van der Waals surface area contributed by atoms with Crippen LogP contribution in [0.1, 0.15) is 47.3 Å². The van der Waals surface area contributed by atoms with Crippen LogP contribution in [0.3, 0.4) is 0 Å². The monoisotopic (exact) mass is 605 g/mol. The summed E-state index contributed by atoms with van der Waals surface area (Å²) in [7, 11) is 5.22. The summed E-state index contributed by atoms with van der Waals surface area (Å²) >= 11 is 0. The molecule has 44 heavy (non-hydrogen) atoms. The molecule has 2 saturated carbocycles. The fraction of sp³-hybridized carbons (Fsp3) is 0.485. The molecular formula is C33H39N3O8. The Labute approximate surface area is 255 Å². The molecule has 0 radical (unpaired) electrons. The van der Waals surface area contributed by atoms with Crippen molar-refractivity contribution in [2.45, 2.75) is 45.4 Å². The first kappa shape index (κ1) is 31.3. The van der Waals surface area contributed by atoms with Crippen molar-refractivity contribution in [1.82, 2.24) is 5.32 Å². The van der Waals surface area contributed by atoms with Gasteiger partial charge in [0.2, 0.25) is 5.91 Å². The SMILES string of the molecule is COc1cccc(CNCc2cc(N(C)C)c3c(c2O)C(=O)C2C(=O)[C@]4(O)C(=O)C(C(N)=O)C(=O)[C@@H](C(C)C)[C@@H]4C[C@@H]2C3)c1. The van der Waals surface area contributed by atoms with E-state index in [1.54, 1.807) is 21.0 Å². The van der Waals surface area contributed by atoms with Crippen molar-refractivity contribution in [2.24, 2.45) is 41.2 Å². The van der Waals surface area contributed by atoms with Gasteiger partial charge in [-0.15, -0.1) is 0 Å². The van der Waals surface area contributed by atoms with Crippen molar-refractivity contribution in [3.8, 4) is 11.5 Å². The predicted octanol–water partition coefficient (Wildman–Crippen LogP) is 1.57. The molecule has 5 N–H and O–H groups in total. The Bertz CT molecular complexity index is 1570. The smallest absolute Gasteiger partial charge is 0.235 e. The zero-order valence-corrected chi connectivity index (χ0v) is 25.5. The molecule has 3 aliphatic carbocycles. The molecule has 11 nitrogen and oxygen atoms in total. The quantitative estimate of drug-likeness (QED) is 0.323. The van der Waals surface area contributed by atoms with E-state index in [-0.39, 0.29) is 30.7 Å². The first-order valence-electron chi connectivity index (χ1n) is 14.8. The van der Waals surface area contributed by atoms with Gasteiger partial charge < -0.3 is 30.9 Å². The summed E-state index contributed by atoms with van der Waals surface area (Å²) in [6.07, 6.45) is 0.260. The molecule has 6 atom stereocenters. The van der Waals surface area contributed by atoms with E-state index in [4.69, 9.17) is 10.5 Å². The van der Waals surface area contributed by atoms with Crippen molar-refractivity contribution in [2.75, 3.05) is 26.1 Å². The third kappa shape index (κ3) is 4.78. The minimum absolute atomic E-state index is 0.0165. The molecule has 11 heteroatoms. The number of ketones is 4. The average molecular weight is 606 g/mol. The Morgan fingerprint density at radius 3 is 2.45 bits per heavy atom. The van der Waals surface area contributed by atoms with Crippen LogP contribution in [0.15, 0.2) is 30.3 Å². The minimum Gasteiger partial charge on any atom is -0.507 e.